The van der Waals surface area contributed by atoms with E-state index in [2.05, 4.69) is 17.1 Å². The van der Waals surface area contributed by atoms with E-state index in [1.165, 1.54) is 6.07 Å². The van der Waals surface area contributed by atoms with E-state index in [1.807, 2.05) is 7.05 Å². The highest BCUT2D eigenvalue weighted by molar-refractivity contribution is 5.99. The summed E-state index contributed by atoms with van der Waals surface area (Å²) in [5.41, 5.74) is 0.623. The number of benzene rings is 1. The summed E-state index contributed by atoms with van der Waals surface area (Å²) in [6.45, 7) is 5.78. The van der Waals surface area contributed by atoms with Gasteiger partial charge in [-0.25, -0.2) is 4.39 Å². The smallest absolute Gasteiger partial charge is 0.244 e. The molecule has 23 heavy (non-hydrogen) atoms. The van der Waals surface area contributed by atoms with Crippen LogP contribution in [0.15, 0.2) is 24.3 Å². The molecule has 1 aromatic carbocycles. The van der Waals surface area contributed by atoms with Crippen LogP contribution in [0.5, 0.6) is 0 Å². The minimum atomic E-state index is -0.328. The van der Waals surface area contributed by atoms with Gasteiger partial charge in [-0.3, -0.25) is 9.69 Å². The molecule has 2 aliphatic rings. The first kappa shape index (κ1) is 18.2. The first-order valence-corrected chi connectivity index (χ1v) is 7.97. The van der Waals surface area contributed by atoms with E-state index in [4.69, 9.17) is 0 Å². The fourth-order valence-corrected chi connectivity index (χ4v) is 3.70. The van der Waals surface area contributed by atoms with Gasteiger partial charge in [0.15, 0.2) is 0 Å². The number of anilines is 1. The molecule has 4 nitrogen and oxygen atoms in total. The summed E-state index contributed by atoms with van der Waals surface area (Å²) in [7, 11) is 2.01. The molecule has 1 aromatic rings. The summed E-state index contributed by atoms with van der Waals surface area (Å²) in [5.74, 6) is -0.312. The second-order valence-electron chi connectivity index (χ2n) is 6.90. The first-order valence-electron chi connectivity index (χ1n) is 7.97. The topological polar surface area (TPSA) is 35.6 Å². The number of amides is 1. The van der Waals surface area contributed by atoms with Crippen LogP contribution in [0.4, 0.5) is 10.1 Å². The minimum Gasteiger partial charge on any atom is -0.316 e. The van der Waals surface area contributed by atoms with Crippen LogP contribution in [0.2, 0.25) is 0 Å². The Hall–Kier alpha value is -1.17. The molecule has 128 valence electrons. The van der Waals surface area contributed by atoms with Crippen LogP contribution in [0.25, 0.3) is 0 Å². The molecule has 3 rings (SSSR count). The molecule has 2 atom stereocenters. The standard InChI is InChI=1S/C17H24FN3O.ClH/c1-17(8-9-19-11-17)12-20(2)15-7-10-21(16(15)22)14-6-4-3-5-13(14)18;/h3-6,15,19H,7-12H2,1-2H3;1H. The summed E-state index contributed by atoms with van der Waals surface area (Å²) < 4.78 is 13.9. The average molecular weight is 342 g/mol. The van der Waals surface area contributed by atoms with Crippen LogP contribution < -0.4 is 10.2 Å². The van der Waals surface area contributed by atoms with Crippen molar-refractivity contribution in [1.29, 1.82) is 0 Å². The number of carbonyl (C=O) groups is 1. The van der Waals surface area contributed by atoms with Crippen LogP contribution in [-0.2, 0) is 4.79 Å². The van der Waals surface area contributed by atoms with Gasteiger partial charge < -0.3 is 10.2 Å². The molecule has 0 aromatic heterocycles. The van der Waals surface area contributed by atoms with Crippen LogP contribution >= 0.6 is 12.4 Å². The van der Waals surface area contributed by atoms with Gasteiger partial charge in [-0.2, -0.15) is 0 Å². The fourth-order valence-electron chi connectivity index (χ4n) is 3.70. The lowest BCUT2D eigenvalue weighted by atomic mass is 9.89. The van der Waals surface area contributed by atoms with Crippen molar-refractivity contribution in [2.45, 2.75) is 25.8 Å². The van der Waals surface area contributed by atoms with Gasteiger partial charge in [-0.05, 0) is 44.0 Å². The quantitative estimate of drug-likeness (QED) is 0.912. The Morgan fingerprint density at radius 3 is 2.83 bits per heavy atom. The molecule has 2 unspecified atom stereocenters. The third-order valence-electron chi connectivity index (χ3n) is 4.94. The number of hydrogen-bond acceptors (Lipinski definition) is 3. The van der Waals surface area contributed by atoms with Crippen molar-refractivity contribution in [3.05, 3.63) is 30.1 Å². The number of nitrogens with one attached hydrogen (secondary N) is 1. The largest absolute Gasteiger partial charge is 0.316 e. The van der Waals surface area contributed by atoms with Crippen LogP contribution in [0.3, 0.4) is 0 Å². The van der Waals surface area contributed by atoms with Gasteiger partial charge in [-0.1, -0.05) is 19.1 Å². The average Bonchev–Trinajstić information content (AvgIpc) is 3.06. The molecule has 2 aliphatic heterocycles. The lowest BCUT2D eigenvalue weighted by molar-refractivity contribution is -0.121. The molecule has 0 bridgehead atoms. The van der Waals surface area contributed by atoms with Crippen molar-refractivity contribution < 1.29 is 9.18 Å². The zero-order valence-electron chi connectivity index (χ0n) is 13.7. The minimum absolute atomic E-state index is 0. The fraction of sp³-hybridized carbons (Fsp3) is 0.588. The summed E-state index contributed by atoms with van der Waals surface area (Å²) in [4.78, 5) is 16.4. The number of likely N-dealkylation sites (N-methyl/N-ethyl adjacent to an activating group) is 1. The molecule has 0 saturated carbocycles. The summed E-state index contributed by atoms with van der Waals surface area (Å²) in [5, 5.41) is 3.39. The second-order valence-corrected chi connectivity index (χ2v) is 6.90. The summed E-state index contributed by atoms with van der Waals surface area (Å²) in [6, 6.07) is 6.37. The maximum atomic E-state index is 13.9. The van der Waals surface area contributed by atoms with E-state index in [9.17, 15) is 9.18 Å². The predicted molar refractivity (Wildman–Crippen MR) is 92.6 cm³/mol. The zero-order valence-corrected chi connectivity index (χ0v) is 14.5. The highest BCUT2D eigenvalue weighted by Crippen LogP contribution is 2.30. The van der Waals surface area contributed by atoms with Gasteiger partial charge in [0.2, 0.25) is 5.91 Å². The number of halogens is 2. The Morgan fingerprint density at radius 2 is 2.17 bits per heavy atom. The molecular formula is C17H25ClFN3O. The lowest BCUT2D eigenvalue weighted by Crippen LogP contribution is -2.45. The van der Waals surface area contributed by atoms with Gasteiger partial charge in [0.05, 0.1) is 11.7 Å². The molecule has 1 amide bonds. The van der Waals surface area contributed by atoms with Crippen molar-refractivity contribution in [2.24, 2.45) is 5.41 Å². The van der Waals surface area contributed by atoms with Gasteiger partial charge >= 0.3 is 0 Å². The molecule has 2 heterocycles. The molecule has 0 radical (unpaired) electrons. The summed E-state index contributed by atoms with van der Waals surface area (Å²) in [6.07, 6.45) is 1.89. The molecule has 0 aliphatic carbocycles. The van der Waals surface area contributed by atoms with Crippen molar-refractivity contribution in [1.82, 2.24) is 10.2 Å². The van der Waals surface area contributed by atoms with E-state index in [0.29, 0.717) is 12.2 Å². The maximum absolute atomic E-state index is 13.9. The van der Waals surface area contributed by atoms with Gasteiger partial charge in [-0.15, -0.1) is 12.4 Å². The zero-order chi connectivity index (χ0) is 15.7. The van der Waals surface area contributed by atoms with E-state index in [1.54, 1.807) is 23.1 Å². The molecule has 1 N–H and O–H groups in total. The van der Waals surface area contributed by atoms with E-state index in [0.717, 1.165) is 32.5 Å². The molecular weight excluding hydrogens is 317 g/mol. The van der Waals surface area contributed by atoms with Gasteiger partial charge in [0.1, 0.15) is 5.82 Å². The number of nitrogens with zero attached hydrogens (tertiary/aromatic N) is 2. The Labute approximate surface area is 143 Å². The van der Waals surface area contributed by atoms with Crippen LogP contribution in [-0.4, -0.2) is 50.1 Å². The SMILES string of the molecule is CN(CC1(C)CCNC1)C1CCN(c2ccccc2F)C1=O.Cl. The number of rotatable bonds is 4. The highest BCUT2D eigenvalue weighted by atomic mass is 35.5. The number of carbonyl (C=O) groups excluding carboxylic acids is 1. The highest BCUT2D eigenvalue weighted by Gasteiger charge is 2.39. The van der Waals surface area contributed by atoms with E-state index in [-0.39, 0.29) is 35.6 Å². The summed E-state index contributed by atoms with van der Waals surface area (Å²) >= 11 is 0. The molecule has 6 heteroatoms. The van der Waals surface area contributed by atoms with Crippen molar-refractivity contribution in [3.63, 3.8) is 0 Å². The molecule has 0 spiro atoms. The van der Waals surface area contributed by atoms with Crippen molar-refractivity contribution >= 4 is 24.0 Å². The monoisotopic (exact) mass is 341 g/mol. The first-order chi connectivity index (χ1) is 10.5. The van der Waals surface area contributed by atoms with Crippen LogP contribution in [0, 0.1) is 11.2 Å². The van der Waals surface area contributed by atoms with Crippen molar-refractivity contribution in [3.8, 4) is 0 Å². The van der Waals surface area contributed by atoms with E-state index < -0.39 is 0 Å². The Kier molecular flexibility index (Phi) is 5.65. The number of hydrogen-bond donors (Lipinski definition) is 1. The Bertz CT molecular complexity index is 563. The lowest BCUT2D eigenvalue weighted by Gasteiger charge is -2.32. The molecule has 2 saturated heterocycles. The van der Waals surface area contributed by atoms with Gasteiger partial charge in [0, 0.05) is 19.6 Å². The predicted octanol–water partition coefficient (Wildman–Crippen LogP) is 2.28. The van der Waals surface area contributed by atoms with Crippen molar-refractivity contribution in [2.75, 3.05) is 38.1 Å². The Morgan fingerprint density at radius 1 is 1.43 bits per heavy atom. The Balaban J connectivity index is 0.00000192. The molecule has 2 fully saturated rings. The normalized spacial score (nSPS) is 27.6. The third-order valence-corrected chi connectivity index (χ3v) is 4.94. The van der Waals surface area contributed by atoms with Gasteiger partial charge in [0.25, 0.3) is 0 Å². The van der Waals surface area contributed by atoms with Crippen LogP contribution in [0.1, 0.15) is 19.8 Å². The second kappa shape index (κ2) is 7.16. The number of para-hydroxylation sites is 1. The van der Waals surface area contributed by atoms with E-state index >= 15 is 0 Å². The maximum Gasteiger partial charge on any atom is 0.244 e. The third kappa shape index (κ3) is 3.67.